The smallest absolute Gasteiger partial charge is 0.251 e. The first-order chi connectivity index (χ1) is 15.6. The lowest BCUT2D eigenvalue weighted by Gasteiger charge is -2.21. The topological polar surface area (TPSA) is 87.5 Å². The number of carbonyl (C=O) groups is 2. The third-order valence-electron chi connectivity index (χ3n) is 4.90. The summed E-state index contributed by atoms with van der Waals surface area (Å²) in [6, 6.07) is 20.1. The molecule has 2 heterocycles. The van der Waals surface area contributed by atoms with E-state index in [0.717, 1.165) is 24.2 Å². The Morgan fingerprint density at radius 3 is 2.16 bits per heavy atom. The molecule has 0 aromatic heterocycles. The summed E-state index contributed by atoms with van der Waals surface area (Å²) < 4.78 is 0. The van der Waals surface area contributed by atoms with Crippen molar-refractivity contribution in [2.45, 2.75) is 13.1 Å². The first-order valence-electron chi connectivity index (χ1n) is 10.5. The Labute approximate surface area is 188 Å². The summed E-state index contributed by atoms with van der Waals surface area (Å²) in [5.74, 6) is -0.391. The van der Waals surface area contributed by atoms with Gasteiger partial charge in [0.1, 0.15) is 0 Å². The molecule has 4 rings (SSSR count). The van der Waals surface area contributed by atoms with Crippen molar-refractivity contribution in [2.24, 2.45) is 5.73 Å². The van der Waals surface area contributed by atoms with Gasteiger partial charge in [0.2, 0.25) is 5.91 Å². The van der Waals surface area contributed by atoms with Crippen molar-refractivity contribution in [3.05, 3.63) is 120 Å². The summed E-state index contributed by atoms with van der Waals surface area (Å²) in [5.41, 5.74) is 8.85. The average molecular weight is 429 g/mol. The minimum Gasteiger partial charge on any atom is -0.387 e. The quantitative estimate of drug-likeness (QED) is 0.660. The van der Waals surface area contributed by atoms with E-state index >= 15 is 0 Å². The van der Waals surface area contributed by atoms with E-state index in [1.807, 2.05) is 66.9 Å². The number of primary amides is 1. The van der Waals surface area contributed by atoms with Crippen LogP contribution in [-0.4, -0.2) is 29.8 Å². The Bertz CT molecular complexity index is 1020. The molecule has 0 saturated heterocycles. The van der Waals surface area contributed by atoms with E-state index in [-0.39, 0.29) is 11.8 Å². The SMILES string of the molecule is NC(=O)C1=CCN(Cc2ccccc2)C=C1.O=C(NCc1ccccc1)C1=CCNC=C1. The Balaban J connectivity index is 0.000000181. The second-order valence-corrected chi connectivity index (χ2v) is 7.32. The number of nitrogens with zero attached hydrogens (tertiary/aromatic N) is 1. The predicted molar refractivity (Wildman–Crippen MR) is 127 cm³/mol. The molecule has 0 fully saturated rings. The molecule has 6 nitrogen and oxygen atoms in total. The van der Waals surface area contributed by atoms with Crippen LogP contribution < -0.4 is 16.4 Å². The van der Waals surface area contributed by atoms with E-state index in [1.54, 1.807) is 18.4 Å². The molecule has 0 unspecified atom stereocenters. The molecule has 2 amide bonds. The number of hydrogen-bond acceptors (Lipinski definition) is 4. The maximum absolute atomic E-state index is 11.7. The zero-order valence-corrected chi connectivity index (χ0v) is 17.9. The van der Waals surface area contributed by atoms with Gasteiger partial charge >= 0.3 is 0 Å². The number of benzene rings is 2. The molecule has 2 aromatic rings. The van der Waals surface area contributed by atoms with Gasteiger partial charge < -0.3 is 21.3 Å². The van der Waals surface area contributed by atoms with Crippen LogP contribution >= 0.6 is 0 Å². The molecular weight excluding hydrogens is 400 g/mol. The maximum Gasteiger partial charge on any atom is 0.251 e. The number of carbonyl (C=O) groups excluding carboxylic acids is 2. The highest BCUT2D eigenvalue weighted by molar-refractivity contribution is 5.96. The number of hydrogen-bond donors (Lipinski definition) is 3. The van der Waals surface area contributed by atoms with Crippen molar-refractivity contribution >= 4 is 11.8 Å². The largest absolute Gasteiger partial charge is 0.387 e. The van der Waals surface area contributed by atoms with E-state index in [1.165, 1.54) is 5.56 Å². The van der Waals surface area contributed by atoms with Crippen molar-refractivity contribution in [3.8, 4) is 0 Å². The van der Waals surface area contributed by atoms with Crippen LogP contribution in [0.1, 0.15) is 11.1 Å². The van der Waals surface area contributed by atoms with Crippen molar-refractivity contribution in [3.63, 3.8) is 0 Å². The number of nitrogens with one attached hydrogen (secondary N) is 2. The molecule has 2 aliphatic heterocycles. The average Bonchev–Trinajstić information content (AvgIpc) is 2.85. The molecule has 0 bridgehead atoms. The molecule has 2 aliphatic rings. The van der Waals surface area contributed by atoms with Crippen LogP contribution in [0.15, 0.2) is 109 Å². The standard InChI is InChI=1S/2C13H14N2O/c14-13(16)12-6-8-15(9-7-12)10-11-4-2-1-3-5-11;16-13(12-6-8-14-9-7-12)15-10-11-4-2-1-3-5-11/h1-8H,9-10H2,(H2,14,16);1-8,14H,9-10H2,(H,15,16). The van der Waals surface area contributed by atoms with Gasteiger partial charge in [-0.1, -0.05) is 72.8 Å². The number of nitrogens with two attached hydrogens (primary N) is 1. The Morgan fingerprint density at radius 2 is 1.59 bits per heavy atom. The number of rotatable bonds is 6. The third kappa shape index (κ3) is 7.32. The summed E-state index contributed by atoms with van der Waals surface area (Å²) >= 11 is 0. The van der Waals surface area contributed by atoms with Crippen LogP contribution in [-0.2, 0) is 22.7 Å². The van der Waals surface area contributed by atoms with E-state index in [2.05, 4.69) is 27.7 Å². The lowest BCUT2D eigenvalue weighted by Crippen LogP contribution is -2.25. The first kappa shape index (κ1) is 22.6. The van der Waals surface area contributed by atoms with Gasteiger partial charge in [-0.15, -0.1) is 0 Å². The number of amides is 2. The highest BCUT2D eigenvalue weighted by Gasteiger charge is 2.08. The maximum atomic E-state index is 11.7. The summed E-state index contributed by atoms with van der Waals surface area (Å²) in [6.07, 6.45) is 11.0. The summed E-state index contributed by atoms with van der Waals surface area (Å²) in [5, 5.41) is 5.89. The summed E-state index contributed by atoms with van der Waals surface area (Å²) in [7, 11) is 0. The van der Waals surface area contributed by atoms with Gasteiger partial charge in [0.25, 0.3) is 5.91 Å². The van der Waals surface area contributed by atoms with Gasteiger partial charge in [0, 0.05) is 43.5 Å². The van der Waals surface area contributed by atoms with Crippen molar-refractivity contribution in [1.82, 2.24) is 15.5 Å². The highest BCUT2D eigenvalue weighted by Crippen LogP contribution is 2.11. The fraction of sp³-hybridized carbons (Fsp3) is 0.154. The molecule has 2 aromatic carbocycles. The molecule has 0 aliphatic carbocycles. The van der Waals surface area contributed by atoms with E-state index in [4.69, 9.17) is 5.73 Å². The minimum absolute atomic E-state index is 0.0263. The van der Waals surface area contributed by atoms with Gasteiger partial charge in [-0.3, -0.25) is 9.59 Å². The van der Waals surface area contributed by atoms with Gasteiger partial charge in [-0.25, -0.2) is 0 Å². The van der Waals surface area contributed by atoms with Crippen LogP contribution in [0.4, 0.5) is 0 Å². The van der Waals surface area contributed by atoms with Crippen molar-refractivity contribution < 1.29 is 9.59 Å². The molecule has 164 valence electrons. The van der Waals surface area contributed by atoms with Crippen molar-refractivity contribution in [2.75, 3.05) is 13.1 Å². The van der Waals surface area contributed by atoms with Crippen LogP contribution in [0.5, 0.6) is 0 Å². The second kappa shape index (κ2) is 12.0. The normalized spacial score (nSPS) is 14.3. The molecule has 32 heavy (non-hydrogen) atoms. The summed E-state index contributed by atoms with van der Waals surface area (Å²) in [4.78, 5) is 24.7. The van der Waals surface area contributed by atoms with Crippen LogP contribution in [0.3, 0.4) is 0 Å². The zero-order chi connectivity index (χ0) is 22.6. The van der Waals surface area contributed by atoms with E-state index in [0.29, 0.717) is 18.7 Å². The van der Waals surface area contributed by atoms with E-state index < -0.39 is 0 Å². The monoisotopic (exact) mass is 428 g/mol. The number of dihydropyridines is 1. The highest BCUT2D eigenvalue weighted by atomic mass is 16.2. The molecule has 0 radical (unpaired) electrons. The van der Waals surface area contributed by atoms with Crippen LogP contribution in [0.2, 0.25) is 0 Å². The first-order valence-corrected chi connectivity index (χ1v) is 10.5. The zero-order valence-electron chi connectivity index (χ0n) is 17.9. The lowest BCUT2D eigenvalue weighted by atomic mass is 10.1. The molecule has 0 spiro atoms. The Kier molecular flexibility index (Phi) is 8.45. The van der Waals surface area contributed by atoms with Gasteiger partial charge in [-0.2, -0.15) is 0 Å². The lowest BCUT2D eigenvalue weighted by molar-refractivity contribution is -0.117. The predicted octanol–water partition coefficient (Wildman–Crippen LogP) is 2.77. The Morgan fingerprint density at radius 1 is 0.906 bits per heavy atom. The molecule has 0 saturated carbocycles. The summed E-state index contributed by atoms with van der Waals surface area (Å²) in [6.45, 7) is 2.85. The molecular formula is C26H28N4O2. The van der Waals surface area contributed by atoms with Gasteiger partial charge in [0.05, 0.1) is 0 Å². The third-order valence-corrected chi connectivity index (χ3v) is 4.90. The minimum atomic E-state index is -0.365. The molecule has 4 N–H and O–H groups in total. The second-order valence-electron chi connectivity index (χ2n) is 7.32. The van der Waals surface area contributed by atoms with Crippen LogP contribution in [0, 0.1) is 0 Å². The van der Waals surface area contributed by atoms with Crippen LogP contribution in [0.25, 0.3) is 0 Å². The molecule has 0 atom stereocenters. The van der Waals surface area contributed by atoms with Gasteiger partial charge in [-0.05, 0) is 29.5 Å². The van der Waals surface area contributed by atoms with Gasteiger partial charge in [0.15, 0.2) is 0 Å². The fourth-order valence-corrected chi connectivity index (χ4v) is 3.15. The van der Waals surface area contributed by atoms with Crippen molar-refractivity contribution in [1.29, 1.82) is 0 Å². The Hall–Kier alpha value is -4.06. The fourth-order valence-electron chi connectivity index (χ4n) is 3.15. The van der Waals surface area contributed by atoms with E-state index in [9.17, 15) is 9.59 Å². The molecule has 6 heteroatoms.